The molecule has 1 unspecified atom stereocenters. The Morgan fingerprint density at radius 3 is 2.85 bits per heavy atom. The molecule has 0 N–H and O–H groups in total. The lowest BCUT2D eigenvalue weighted by Gasteiger charge is -2.42. The summed E-state index contributed by atoms with van der Waals surface area (Å²) in [6.07, 6.45) is 2.10. The van der Waals surface area contributed by atoms with Gasteiger partial charge in [0.1, 0.15) is 0 Å². The van der Waals surface area contributed by atoms with Crippen LogP contribution in [0.5, 0.6) is 0 Å². The van der Waals surface area contributed by atoms with Gasteiger partial charge in [0.2, 0.25) is 0 Å². The smallest absolute Gasteiger partial charge is 0.173 e. The average Bonchev–Trinajstić information content (AvgIpc) is 2.48. The lowest BCUT2D eigenvalue weighted by molar-refractivity contribution is -0.260. The normalized spacial score (nSPS) is 43.8. The van der Waals surface area contributed by atoms with Crippen molar-refractivity contribution in [1.82, 2.24) is 0 Å². The van der Waals surface area contributed by atoms with Gasteiger partial charge in [-0.2, -0.15) is 0 Å². The molecule has 76 valence electrons. The summed E-state index contributed by atoms with van der Waals surface area (Å²) in [4.78, 5) is 0. The van der Waals surface area contributed by atoms with E-state index < -0.39 is 0 Å². The Kier molecular flexibility index (Phi) is 2.79. The Bertz CT molecular complexity index is 180. The summed E-state index contributed by atoms with van der Waals surface area (Å²) in [5.41, 5.74) is 0. The van der Waals surface area contributed by atoms with Crippen LogP contribution in [-0.2, 0) is 14.2 Å². The topological polar surface area (TPSA) is 27.7 Å². The second-order valence-corrected chi connectivity index (χ2v) is 3.91. The zero-order valence-electron chi connectivity index (χ0n) is 7.79. The highest BCUT2D eigenvalue weighted by Crippen LogP contribution is 2.43. The van der Waals surface area contributed by atoms with Crippen LogP contribution in [0.25, 0.3) is 0 Å². The van der Waals surface area contributed by atoms with Gasteiger partial charge in [-0.25, -0.2) is 0 Å². The summed E-state index contributed by atoms with van der Waals surface area (Å²) in [7, 11) is 0. The number of alkyl halides is 1. The molecule has 2 aliphatic rings. The maximum Gasteiger partial charge on any atom is 0.173 e. The first-order chi connectivity index (χ1) is 6.28. The van der Waals surface area contributed by atoms with Crippen LogP contribution in [0.2, 0.25) is 0 Å². The van der Waals surface area contributed by atoms with Crippen molar-refractivity contribution >= 4 is 11.6 Å². The van der Waals surface area contributed by atoms with Crippen molar-refractivity contribution in [2.45, 2.75) is 37.8 Å². The van der Waals surface area contributed by atoms with Crippen LogP contribution >= 0.6 is 11.6 Å². The predicted molar refractivity (Wildman–Crippen MR) is 48.9 cm³/mol. The van der Waals surface area contributed by atoms with Crippen LogP contribution in [0.1, 0.15) is 19.8 Å². The summed E-state index contributed by atoms with van der Waals surface area (Å²) in [5, 5.41) is 0. The fourth-order valence-electron chi connectivity index (χ4n) is 1.89. The Morgan fingerprint density at radius 1 is 1.54 bits per heavy atom. The number of ether oxygens (including phenoxy) is 3. The van der Waals surface area contributed by atoms with E-state index >= 15 is 0 Å². The molecule has 0 bridgehead atoms. The first-order valence-corrected chi connectivity index (χ1v) is 5.31. The Hall–Kier alpha value is 0.170. The molecule has 0 aromatic rings. The van der Waals surface area contributed by atoms with Crippen LogP contribution in [0, 0.1) is 0 Å². The minimum absolute atomic E-state index is 0.0734. The van der Waals surface area contributed by atoms with Crippen molar-refractivity contribution in [2.75, 3.05) is 19.1 Å². The third kappa shape index (κ3) is 1.84. The second-order valence-electron chi connectivity index (χ2n) is 3.60. The fraction of sp³-hybridized carbons (Fsp3) is 1.00. The molecule has 4 heteroatoms. The molecule has 0 radical (unpaired) electrons. The maximum absolute atomic E-state index is 5.68. The number of halogens is 1. The van der Waals surface area contributed by atoms with Gasteiger partial charge in [0.15, 0.2) is 5.79 Å². The Labute approximate surface area is 83.3 Å². The minimum atomic E-state index is -0.348. The molecule has 0 amide bonds. The zero-order valence-corrected chi connectivity index (χ0v) is 8.55. The molecule has 0 aromatic carbocycles. The molecule has 1 saturated heterocycles. The molecule has 1 saturated carbocycles. The van der Waals surface area contributed by atoms with Crippen LogP contribution in [0.15, 0.2) is 0 Å². The third-order valence-corrected chi connectivity index (χ3v) is 2.91. The highest BCUT2D eigenvalue weighted by Gasteiger charge is 2.52. The van der Waals surface area contributed by atoms with Crippen molar-refractivity contribution in [3.8, 4) is 0 Å². The Balaban J connectivity index is 1.78. The quantitative estimate of drug-likeness (QED) is 0.656. The van der Waals surface area contributed by atoms with Gasteiger partial charge in [-0.3, -0.25) is 0 Å². The van der Waals surface area contributed by atoms with E-state index in [1.165, 1.54) is 0 Å². The maximum atomic E-state index is 5.68. The second kappa shape index (κ2) is 3.73. The van der Waals surface area contributed by atoms with Gasteiger partial charge in [0, 0.05) is 19.4 Å². The van der Waals surface area contributed by atoms with Crippen LogP contribution in [0.3, 0.4) is 0 Å². The number of hydrogen-bond donors (Lipinski definition) is 0. The van der Waals surface area contributed by atoms with Gasteiger partial charge >= 0.3 is 0 Å². The molecular weight excluding hydrogens is 192 g/mol. The molecule has 1 aliphatic heterocycles. The lowest BCUT2D eigenvalue weighted by Crippen LogP contribution is -2.49. The van der Waals surface area contributed by atoms with Crippen molar-refractivity contribution in [3.05, 3.63) is 0 Å². The first kappa shape index (κ1) is 9.71. The first-order valence-electron chi connectivity index (χ1n) is 4.77. The van der Waals surface area contributed by atoms with Crippen molar-refractivity contribution in [3.63, 3.8) is 0 Å². The molecule has 1 aliphatic carbocycles. The third-order valence-electron chi connectivity index (χ3n) is 2.57. The molecule has 1 heterocycles. The van der Waals surface area contributed by atoms with Crippen LogP contribution in [-0.4, -0.2) is 37.1 Å². The van der Waals surface area contributed by atoms with Crippen LogP contribution < -0.4 is 0 Å². The van der Waals surface area contributed by atoms with E-state index in [0.717, 1.165) is 19.4 Å². The molecule has 3 nitrogen and oxygen atoms in total. The van der Waals surface area contributed by atoms with Crippen molar-refractivity contribution in [1.29, 1.82) is 0 Å². The summed E-state index contributed by atoms with van der Waals surface area (Å²) >= 11 is 5.68. The van der Waals surface area contributed by atoms with E-state index in [-0.39, 0.29) is 11.9 Å². The average molecular weight is 207 g/mol. The minimum Gasteiger partial charge on any atom is -0.378 e. The van der Waals surface area contributed by atoms with Gasteiger partial charge in [0.25, 0.3) is 0 Å². The predicted octanol–water partition coefficient (Wildman–Crippen LogP) is 1.54. The van der Waals surface area contributed by atoms with E-state index in [4.69, 9.17) is 25.8 Å². The highest BCUT2D eigenvalue weighted by atomic mass is 35.5. The highest BCUT2D eigenvalue weighted by molar-refractivity contribution is 6.18. The van der Waals surface area contributed by atoms with E-state index in [9.17, 15) is 0 Å². The van der Waals surface area contributed by atoms with Crippen LogP contribution in [0.4, 0.5) is 0 Å². The fourth-order valence-corrected chi connectivity index (χ4v) is 2.05. The van der Waals surface area contributed by atoms with Gasteiger partial charge < -0.3 is 14.2 Å². The van der Waals surface area contributed by atoms with Crippen molar-refractivity contribution in [2.24, 2.45) is 0 Å². The molecule has 0 aromatic heterocycles. The SMILES string of the molecule is CCOC1CC2(C1)OCC(CCl)O2. The largest absolute Gasteiger partial charge is 0.378 e. The van der Waals surface area contributed by atoms with E-state index in [2.05, 4.69) is 0 Å². The van der Waals surface area contributed by atoms with Crippen molar-refractivity contribution < 1.29 is 14.2 Å². The molecule has 1 spiro atoms. The summed E-state index contributed by atoms with van der Waals surface area (Å²) in [6.45, 7) is 3.39. The van der Waals surface area contributed by atoms with Gasteiger partial charge in [-0.1, -0.05) is 0 Å². The molecule has 2 rings (SSSR count). The van der Waals surface area contributed by atoms with Gasteiger partial charge in [-0.05, 0) is 6.92 Å². The molecule has 13 heavy (non-hydrogen) atoms. The standard InChI is InChI=1S/C9H15ClO3/c1-2-11-7-3-9(4-7)12-6-8(5-10)13-9/h7-8H,2-6H2,1H3. The van der Waals surface area contributed by atoms with Gasteiger partial charge in [-0.15, -0.1) is 11.6 Å². The van der Waals surface area contributed by atoms with E-state index in [1.54, 1.807) is 0 Å². The number of hydrogen-bond acceptors (Lipinski definition) is 3. The Morgan fingerprint density at radius 2 is 2.31 bits per heavy atom. The summed E-state index contributed by atoms with van der Waals surface area (Å²) in [5.74, 6) is 0.167. The molecule has 2 fully saturated rings. The van der Waals surface area contributed by atoms with E-state index in [1.807, 2.05) is 6.92 Å². The summed E-state index contributed by atoms with van der Waals surface area (Å²) < 4.78 is 16.7. The number of rotatable bonds is 3. The van der Waals surface area contributed by atoms with Gasteiger partial charge in [0.05, 0.1) is 24.7 Å². The molecular formula is C9H15ClO3. The molecule has 1 atom stereocenters. The zero-order chi connectivity index (χ0) is 9.31. The monoisotopic (exact) mass is 206 g/mol. The summed E-state index contributed by atoms with van der Waals surface area (Å²) in [6, 6.07) is 0. The van der Waals surface area contributed by atoms with E-state index in [0.29, 0.717) is 18.6 Å². The lowest BCUT2D eigenvalue weighted by atomic mass is 9.87.